The van der Waals surface area contributed by atoms with Gasteiger partial charge in [0, 0.05) is 28.6 Å². The quantitative estimate of drug-likeness (QED) is 0.638. The van der Waals surface area contributed by atoms with Crippen LogP contribution in [0.15, 0.2) is 41.2 Å². The average molecular weight is 411 g/mol. The number of halogens is 2. The normalized spacial score (nSPS) is 11.0. The van der Waals surface area contributed by atoms with E-state index in [0.717, 1.165) is 21.6 Å². The summed E-state index contributed by atoms with van der Waals surface area (Å²) in [6.07, 6.45) is 0. The highest BCUT2D eigenvalue weighted by Crippen LogP contribution is 2.25. The Morgan fingerprint density at radius 2 is 2.15 bits per heavy atom. The molecule has 3 rings (SSSR count). The Morgan fingerprint density at radius 1 is 1.35 bits per heavy atom. The first-order chi connectivity index (χ1) is 12.5. The molecule has 0 unspecified atom stereocenters. The van der Waals surface area contributed by atoms with E-state index < -0.39 is 0 Å². The third-order valence-electron chi connectivity index (χ3n) is 3.81. The van der Waals surface area contributed by atoms with E-state index in [4.69, 9.17) is 11.6 Å². The standard InChI is InChI=1S/C18H16ClFN2O2S2/c1-2-22-15-7-6-11(8-16(15)26-18(22)24)21-17(23)10-25-9-12-13(19)4-3-5-14(12)20/h3-8H,2,9-10H2,1H3,(H,21,23). The van der Waals surface area contributed by atoms with Crippen LogP contribution in [0, 0.1) is 5.82 Å². The van der Waals surface area contributed by atoms with Gasteiger partial charge in [-0.1, -0.05) is 29.0 Å². The van der Waals surface area contributed by atoms with Crippen molar-refractivity contribution in [3.05, 3.63) is 62.5 Å². The number of nitrogens with one attached hydrogen (secondary N) is 1. The number of aryl methyl sites for hydroxylation is 1. The summed E-state index contributed by atoms with van der Waals surface area (Å²) in [5.74, 6) is -0.0660. The zero-order valence-corrected chi connectivity index (χ0v) is 16.3. The van der Waals surface area contributed by atoms with E-state index in [1.807, 2.05) is 13.0 Å². The molecule has 1 aromatic heterocycles. The Kier molecular flexibility index (Phi) is 6.01. The van der Waals surface area contributed by atoms with E-state index >= 15 is 0 Å². The molecule has 4 nitrogen and oxygen atoms in total. The molecule has 0 fully saturated rings. The van der Waals surface area contributed by atoms with Gasteiger partial charge in [-0.15, -0.1) is 11.8 Å². The van der Waals surface area contributed by atoms with Crippen molar-refractivity contribution >= 4 is 56.5 Å². The van der Waals surface area contributed by atoms with Crippen LogP contribution in [0.1, 0.15) is 12.5 Å². The van der Waals surface area contributed by atoms with Gasteiger partial charge in [0.1, 0.15) is 5.82 Å². The van der Waals surface area contributed by atoms with Crippen LogP contribution in [0.2, 0.25) is 5.02 Å². The largest absolute Gasteiger partial charge is 0.325 e. The van der Waals surface area contributed by atoms with Gasteiger partial charge < -0.3 is 5.32 Å². The number of hydrogen-bond acceptors (Lipinski definition) is 4. The smallest absolute Gasteiger partial charge is 0.308 e. The molecule has 136 valence electrons. The summed E-state index contributed by atoms with van der Waals surface area (Å²) in [6.45, 7) is 2.53. The average Bonchev–Trinajstić information content (AvgIpc) is 2.91. The predicted octanol–water partition coefficient (Wildman–Crippen LogP) is 4.75. The Bertz CT molecular complexity index is 996. The van der Waals surface area contributed by atoms with Crippen molar-refractivity contribution in [3.8, 4) is 0 Å². The third kappa shape index (κ3) is 4.11. The predicted molar refractivity (Wildman–Crippen MR) is 108 cm³/mol. The fourth-order valence-corrected chi connectivity index (χ4v) is 4.72. The van der Waals surface area contributed by atoms with Crippen molar-refractivity contribution in [2.75, 3.05) is 11.1 Å². The molecule has 1 N–H and O–H groups in total. The SMILES string of the molecule is CCn1c(=O)sc2cc(NC(=O)CSCc3c(F)cccc3Cl)ccc21. The molecule has 2 aromatic carbocycles. The van der Waals surface area contributed by atoms with Crippen LogP contribution >= 0.6 is 34.7 Å². The summed E-state index contributed by atoms with van der Waals surface area (Å²) in [4.78, 5) is 24.0. The van der Waals surface area contributed by atoms with Crippen LogP contribution < -0.4 is 10.2 Å². The molecule has 3 aromatic rings. The summed E-state index contributed by atoms with van der Waals surface area (Å²) in [6, 6.07) is 9.93. The minimum Gasteiger partial charge on any atom is -0.325 e. The highest BCUT2D eigenvalue weighted by Gasteiger charge is 2.10. The number of thiazole rings is 1. The van der Waals surface area contributed by atoms with Crippen LogP contribution in [0.3, 0.4) is 0 Å². The van der Waals surface area contributed by atoms with Crippen molar-refractivity contribution in [3.63, 3.8) is 0 Å². The van der Waals surface area contributed by atoms with E-state index in [0.29, 0.717) is 28.6 Å². The number of hydrogen-bond donors (Lipinski definition) is 1. The topological polar surface area (TPSA) is 51.1 Å². The fraction of sp³-hybridized carbons (Fsp3) is 0.222. The summed E-state index contributed by atoms with van der Waals surface area (Å²) in [5, 5.41) is 3.17. The maximum absolute atomic E-state index is 13.7. The molecule has 0 aliphatic rings. The van der Waals surface area contributed by atoms with Crippen LogP contribution in [-0.4, -0.2) is 16.2 Å². The van der Waals surface area contributed by atoms with Gasteiger partial charge in [-0.3, -0.25) is 14.2 Å². The minimum atomic E-state index is -0.369. The highest BCUT2D eigenvalue weighted by molar-refractivity contribution is 7.99. The first kappa shape index (κ1) is 18.9. The Morgan fingerprint density at radius 3 is 2.88 bits per heavy atom. The van der Waals surface area contributed by atoms with Gasteiger partial charge in [0.2, 0.25) is 5.91 Å². The zero-order chi connectivity index (χ0) is 18.7. The first-order valence-electron chi connectivity index (χ1n) is 7.93. The minimum absolute atomic E-state index is 0.0108. The second-order valence-corrected chi connectivity index (χ2v) is 7.92. The molecule has 0 bridgehead atoms. The Labute approximate surface area is 163 Å². The fourth-order valence-electron chi connectivity index (χ4n) is 2.56. The van der Waals surface area contributed by atoms with Crippen LogP contribution in [-0.2, 0) is 17.1 Å². The molecule has 0 saturated carbocycles. The lowest BCUT2D eigenvalue weighted by molar-refractivity contribution is -0.113. The van der Waals surface area contributed by atoms with Crippen molar-refractivity contribution in [2.24, 2.45) is 0 Å². The molecule has 8 heteroatoms. The van der Waals surface area contributed by atoms with Crippen molar-refractivity contribution < 1.29 is 9.18 Å². The first-order valence-corrected chi connectivity index (χ1v) is 10.3. The van der Waals surface area contributed by atoms with Gasteiger partial charge in [-0.05, 0) is 37.3 Å². The monoisotopic (exact) mass is 410 g/mol. The maximum atomic E-state index is 13.7. The lowest BCUT2D eigenvalue weighted by Crippen LogP contribution is -2.14. The number of rotatable bonds is 6. The second-order valence-electron chi connectivity index (χ2n) is 5.54. The van der Waals surface area contributed by atoms with Gasteiger partial charge in [0.15, 0.2) is 0 Å². The van der Waals surface area contributed by atoms with E-state index in [1.165, 1.54) is 17.8 Å². The molecule has 0 atom stereocenters. The number of carbonyl (C=O) groups is 1. The molecular formula is C18H16ClFN2O2S2. The molecular weight excluding hydrogens is 395 g/mol. The summed E-state index contributed by atoms with van der Waals surface area (Å²) < 4.78 is 16.2. The number of fused-ring (bicyclic) bond motifs is 1. The number of thioether (sulfide) groups is 1. The van der Waals surface area contributed by atoms with Gasteiger partial charge >= 0.3 is 4.87 Å². The summed E-state index contributed by atoms with van der Waals surface area (Å²) in [5.41, 5.74) is 1.90. The highest BCUT2D eigenvalue weighted by atomic mass is 35.5. The number of aromatic nitrogens is 1. The Hall–Kier alpha value is -1.83. The number of carbonyl (C=O) groups excluding carboxylic acids is 1. The molecule has 0 aliphatic heterocycles. The molecule has 1 heterocycles. The summed E-state index contributed by atoms with van der Waals surface area (Å²) >= 11 is 8.42. The van der Waals surface area contributed by atoms with E-state index in [2.05, 4.69) is 5.32 Å². The second kappa shape index (κ2) is 8.24. The summed E-state index contributed by atoms with van der Waals surface area (Å²) in [7, 11) is 0. The van der Waals surface area contributed by atoms with Crippen LogP contribution in [0.25, 0.3) is 10.2 Å². The molecule has 0 saturated heterocycles. The van der Waals surface area contributed by atoms with E-state index in [9.17, 15) is 14.0 Å². The van der Waals surface area contributed by atoms with Crippen molar-refractivity contribution in [1.29, 1.82) is 0 Å². The van der Waals surface area contributed by atoms with Crippen LogP contribution in [0.4, 0.5) is 10.1 Å². The molecule has 26 heavy (non-hydrogen) atoms. The van der Waals surface area contributed by atoms with Crippen molar-refractivity contribution in [2.45, 2.75) is 19.2 Å². The van der Waals surface area contributed by atoms with E-state index in [-0.39, 0.29) is 22.4 Å². The lowest BCUT2D eigenvalue weighted by atomic mass is 10.2. The van der Waals surface area contributed by atoms with Gasteiger partial charge in [-0.2, -0.15) is 0 Å². The zero-order valence-electron chi connectivity index (χ0n) is 13.9. The number of benzene rings is 2. The number of amides is 1. The maximum Gasteiger partial charge on any atom is 0.308 e. The number of nitrogens with zero attached hydrogens (tertiary/aromatic N) is 1. The molecule has 0 radical (unpaired) electrons. The van der Waals surface area contributed by atoms with Gasteiger partial charge in [-0.25, -0.2) is 4.39 Å². The van der Waals surface area contributed by atoms with E-state index in [1.54, 1.807) is 28.8 Å². The lowest BCUT2D eigenvalue weighted by Gasteiger charge is -2.07. The van der Waals surface area contributed by atoms with Crippen LogP contribution in [0.5, 0.6) is 0 Å². The molecule has 1 amide bonds. The van der Waals surface area contributed by atoms with Gasteiger partial charge in [0.25, 0.3) is 0 Å². The van der Waals surface area contributed by atoms with Crippen molar-refractivity contribution in [1.82, 2.24) is 4.57 Å². The Balaban J connectivity index is 1.61. The molecule has 0 spiro atoms. The van der Waals surface area contributed by atoms with Gasteiger partial charge in [0.05, 0.1) is 16.0 Å². The molecule has 0 aliphatic carbocycles. The number of anilines is 1. The third-order valence-corrected chi connectivity index (χ3v) is 6.06.